The fourth-order valence-corrected chi connectivity index (χ4v) is 4.10. The molecule has 1 N–H and O–H groups in total. The van der Waals surface area contributed by atoms with Gasteiger partial charge in [0.15, 0.2) is 0 Å². The topological polar surface area (TPSA) is 82.6 Å². The Morgan fingerprint density at radius 2 is 1.82 bits per heavy atom. The Kier molecular flexibility index (Phi) is 4.37. The van der Waals surface area contributed by atoms with E-state index < -0.39 is 0 Å². The van der Waals surface area contributed by atoms with Gasteiger partial charge in [0, 0.05) is 37.4 Å². The summed E-state index contributed by atoms with van der Waals surface area (Å²) in [6, 6.07) is 10.3. The van der Waals surface area contributed by atoms with Gasteiger partial charge in [-0.15, -0.1) is 0 Å². The number of hydrogen-bond donors (Lipinski definition) is 1. The zero-order valence-corrected chi connectivity index (χ0v) is 15.9. The molecule has 4 amide bonds. The highest BCUT2D eigenvalue weighted by atomic mass is 16.2. The average molecular weight is 378 g/mol. The summed E-state index contributed by atoms with van der Waals surface area (Å²) in [4.78, 5) is 44.5. The fraction of sp³-hybridized carbons (Fsp3) is 0.333. The molecule has 0 spiro atoms. The Morgan fingerprint density at radius 1 is 1.14 bits per heavy atom. The summed E-state index contributed by atoms with van der Waals surface area (Å²) < 4.78 is 0. The van der Waals surface area contributed by atoms with Crippen molar-refractivity contribution in [2.24, 2.45) is 5.41 Å². The van der Waals surface area contributed by atoms with Gasteiger partial charge in [0.05, 0.1) is 17.2 Å². The SMILES string of the molecule is CC1(C)CN(C(=O)NCCN2C(=O)c3ccccc3C2=O)C1c1cccnc1. The maximum Gasteiger partial charge on any atom is 0.318 e. The van der Waals surface area contributed by atoms with Crippen molar-refractivity contribution >= 4 is 17.8 Å². The molecule has 7 nitrogen and oxygen atoms in total. The number of likely N-dealkylation sites (tertiary alicyclic amines) is 1. The van der Waals surface area contributed by atoms with E-state index in [9.17, 15) is 14.4 Å². The van der Waals surface area contributed by atoms with Gasteiger partial charge in [0.2, 0.25) is 0 Å². The second-order valence-electron chi connectivity index (χ2n) is 7.84. The van der Waals surface area contributed by atoms with Crippen LogP contribution in [-0.4, -0.2) is 52.3 Å². The molecule has 1 atom stereocenters. The lowest BCUT2D eigenvalue weighted by Crippen LogP contribution is -2.60. The van der Waals surface area contributed by atoms with E-state index in [0.717, 1.165) is 5.56 Å². The number of nitrogens with zero attached hydrogens (tertiary/aromatic N) is 3. The quantitative estimate of drug-likeness (QED) is 0.829. The summed E-state index contributed by atoms with van der Waals surface area (Å²) >= 11 is 0. The molecule has 1 saturated heterocycles. The third kappa shape index (κ3) is 2.93. The van der Waals surface area contributed by atoms with Crippen molar-refractivity contribution < 1.29 is 14.4 Å². The number of fused-ring (bicyclic) bond motifs is 1. The van der Waals surface area contributed by atoms with Gasteiger partial charge in [0.25, 0.3) is 11.8 Å². The van der Waals surface area contributed by atoms with Crippen LogP contribution in [0.3, 0.4) is 0 Å². The van der Waals surface area contributed by atoms with Crippen molar-refractivity contribution in [2.45, 2.75) is 19.9 Å². The number of pyridine rings is 1. The lowest BCUT2D eigenvalue weighted by atomic mass is 9.72. The zero-order chi connectivity index (χ0) is 19.9. The van der Waals surface area contributed by atoms with Crippen LogP contribution in [0.2, 0.25) is 0 Å². The Hall–Kier alpha value is -3.22. The Morgan fingerprint density at radius 3 is 2.39 bits per heavy atom. The van der Waals surface area contributed by atoms with Crippen molar-refractivity contribution in [1.29, 1.82) is 0 Å². The largest absolute Gasteiger partial charge is 0.336 e. The molecule has 2 aliphatic heterocycles. The highest BCUT2D eigenvalue weighted by Crippen LogP contribution is 2.47. The molecule has 0 radical (unpaired) electrons. The Balaban J connectivity index is 1.37. The molecule has 4 rings (SSSR count). The van der Waals surface area contributed by atoms with E-state index in [2.05, 4.69) is 24.1 Å². The van der Waals surface area contributed by atoms with Gasteiger partial charge >= 0.3 is 6.03 Å². The maximum absolute atomic E-state index is 12.7. The van der Waals surface area contributed by atoms with Crippen LogP contribution in [0, 0.1) is 5.41 Å². The molecule has 0 saturated carbocycles. The molecule has 2 aromatic rings. The van der Waals surface area contributed by atoms with Crippen LogP contribution in [0.5, 0.6) is 0 Å². The van der Waals surface area contributed by atoms with Gasteiger partial charge in [0.1, 0.15) is 0 Å². The molecular weight excluding hydrogens is 356 g/mol. The lowest BCUT2D eigenvalue weighted by Gasteiger charge is -2.54. The zero-order valence-electron chi connectivity index (χ0n) is 15.9. The molecule has 144 valence electrons. The number of carbonyl (C=O) groups is 3. The van der Waals surface area contributed by atoms with Crippen molar-refractivity contribution in [3.8, 4) is 0 Å². The van der Waals surface area contributed by atoms with Crippen LogP contribution < -0.4 is 5.32 Å². The summed E-state index contributed by atoms with van der Waals surface area (Å²) in [5.74, 6) is -0.624. The van der Waals surface area contributed by atoms with Crippen molar-refractivity contribution in [3.63, 3.8) is 0 Å². The van der Waals surface area contributed by atoms with Gasteiger partial charge in [-0.1, -0.05) is 32.0 Å². The standard InChI is InChI=1S/C21H22N4O3/c1-21(2)13-25(17(21)14-6-5-9-22-12-14)20(28)23-10-11-24-18(26)15-7-3-4-8-16(15)19(24)27/h3-9,12,17H,10-11,13H2,1-2H3,(H,23,28). The minimum atomic E-state index is -0.312. The summed E-state index contributed by atoms with van der Waals surface area (Å²) in [6.45, 7) is 5.22. The molecule has 3 heterocycles. The van der Waals surface area contributed by atoms with Gasteiger partial charge in [-0.05, 0) is 23.8 Å². The molecule has 0 bridgehead atoms. The molecule has 7 heteroatoms. The first-order chi connectivity index (χ1) is 13.4. The van der Waals surface area contributed by atoms with Gasteiger partial charge in [-0.25, -0.2) is 4.79 Å². The van der Waals surface area contributed by atoms with Gasteiger partial charge in [-0.3, -0.25) is 19.5 Å². The summed E-state index contributed by atoms with van der Waals surface area (Å²) in [6.07, 6.45) is 3.49. The number of aromatic nitrogens is 1. The monoisotopic (exact) mass is 378 g/mol. The van der Waals surface area contributed by atoms with E-state index in [0.29, 0.717) is 17.7 Å². The number of carbonyl (C=O) groups excluding carboxylic acids is 3. The molecule has 1 aromatic heterocycles. The number of nitrogens with one attached hydrogen (secondary N) is 1. The molecule has 1 unspecified atom stereocenters. The third-order valence-corrected chi connectivity index (χ3v) is 5.38. The van der Waals surface area contributed by atoms with Crippen LogP contribution in [-0.2, 0) is 0 Å². The number of hydrogen-bond acceptors (Lipinski definition) is 4. The second kappa shape index (κ2) is 6.74. The molecular formula is C21H22N4O3. The number of amides is 4. The average Bonchev–Trinajstić information content (AvgIpc) is 2.92. The lowest BCUT2D eigenvalue weighted by molar-refractivity contribution is -0.0166. The van der Waals surface area contributed by atoms with Crippen LogP contribution in [0.25, 0.3) is 0 Å². The molecule has 2 aliphatic rings. The number of urea groups is 1. The molecule has 0 aliphatic carbocycles. The van der Waals surface area contributed by atoms with E-state index in [-0.39, 0.29) is 42.4 Å². The van der Waals surface area contributed by atoms with E-state index in [1.807, 2.05) is 12.1 Å². The normalized spacial score (nSPS) is 20.0. The number of imide groups is 1. The Bertz CT molecular complexity index is 907. The van der Waals surface area contributed by atoms with Crippen LogP contribution >= 0.6 is 0 Å². The predicted molar refractivity (Wildman–Crippen MR) is 103 cm³/mol. The van der Waals surface area contributed by atoms with Crippen LogP contribution in [0.15, 0.2) is 48.8 Å². The van der Waals surface area contributed by atoms with E-state index in [1.54, 1.807) is 41.6 Å². The smallest absolute Gasteiger partial charge is 0.318 e. The van der Waals surface area contributed by atoms with Crippen molar-refractivity contribution in [3.05, 3.63) is 65.5 Å². The fourth-order valence-electron chi connectivity index (χ4n) is 4.10. The first-order valence-corrected chi connectivity index (χ1v) is 9.30. The summed E-state index contributed by atoms with van der Waals surface area (Å²) in [5, 5.41) is 2.84. The molecule has 1 fully saturated rings. The minimum absolute atomic E-state index is 0.0388. The highest BCUT2D eigenvalue weighted by molar-refractivity contribution is 6.21. The maximum atomic E-state index is 12.7. The predicted octanol–water partition coefficient (Wildman–Crippen LogP) is 2.47. The number of benzene rings is 1. The molecule has 28 heavy (non-hydrogen) atoms. The highest BCUT2D eigenvalue weighted by Gasteiger charge is 2.49. The van der Waals surface area contributed by atoms with E-state index in [1.165, 1.54) is 4.90 Å². The van der Waals surface area contributed by atoms with E-state index >= 15 is 0 Å². The van der Waals surface area contributed by atoms with Crippen LogP contribution in [0.4, 0.5) is 4.79 Å². The van der Waals surface area contributed by atoms with Gasteiger partial charge in [-0.2, -0.15) is 0 Å². The summed E-state index contributed by atoms with van der Waals surface area (Å²) in [7, 11) is 0. The summed E-state index contributed by atoms with van der Waals surface area (Å²) in [5.41, 5.74) is 1.79. The van der Waals surface area contributed by atoms with Crippen LogP contribution in [0.1, 0.15) is 46.2 Å². The van der Waals surface area contributed by atoms with Crippen molar-refractivity contribution in [1.82, 2.24) is 20.1 Å². The van der Waals surface area contributed by atoms with Crippen molar-refractivity contribution in [2.75, 3.05) is 19.6 Å². The Labute approximate surface area is 163 Å². The first-order valence-electron chi connectivity index (χ1n) is 9.30. The molecule has 1 aromatic carbocycles. The minimum Gasteiger partial charge on any atom is -0.336 e. The van der Waals surface area contributed by atoms with E-state index in [4.69, 9.17) is 0 Å². The second-order valence-corrected chi connectivity index (χ2v) is 7.84. The number of rotatable bonds is 4. The first kappa shape index (κ1) is 18.2. The third-order valence-electron chi connectivity index (χ3n) is 5.38. The van der Waals surface area contributed by atoms with Gasteiger partial charge < -0.3 is 10.2 Å².